The van der Waals surface area contributed by atoms with Gasteiger partial charge in [0.1, 0.15) is 0 Å². The number of hydrogen-bond acceptors (Lipinski definition) is 2. The Morgan fingerprint density at radius 3 is 2.44 bits per heavy atom. The van der Waals surface area contributed by atoms with Gasteiger partial charge in [-0.05, 0) is 70.3 Å². The summed E-state index contributed by atoms with van der Waals surface area (Å²) in [6.45, 7) is 6.90. The molecular weight excluding hydrogens is 360 g/mol. The Labute approximate surface area is 125 Å². The molecule has 0 radical (unpaired) electrons. The summed E-state index contributed by atoms with van der Waals surface area (Å²) in [5, 5.41) is 6.03. The number of hydrogen-bond donors (Lipinski definition) is 2. The van der Waals surface area contributed by atoms with Gasteiger partial charge < -0.3 is 10.6 Å². The lowest BCUT2D eigenvalue weighted by molar-refractivity contribution is -0.121. The summed E-state index contributed by atoms with van der Waals surface area (Å²) in [6.07, 6.45) is 0. The zero-order chi connectivity index (χ0) is 13.8. The lowest BCUT2D eigenvalue weighted by Gasteiger charge is -2.20. The molecular formula is C13H18Br2N2O. The number of nitrogens with one attached hydrogen (secondary N) is 2. The van der Waals surface area contributed by atoms with E-state index in [4.69, 9.17) is 0 Å². The molecule has 1 aromatic rings. The van der Waals surface area contributed by atoms with E-state index in [0.717, 1.165) is 14.5 Å². The second kappa shape index (κ2) is 6.68. The molecule has 0 atom stereocenters. The van der Waals surface area contributed by atoms with E-state index in [0.29, 0.717) is 13.1 Å². The smallest absolute Gasteiger partial charge is 0.234 e. The van der Waals surface area contributed by atoms with Crippen molar-refractivity contribution in [2.75, 3.05) is 6.54 Å². The molecule has 0 bridgehead atoms. The molecule has 1 rings (SSSR count). The van der Waals surface area contributed by atoms with Gasteiger partial charge in [0.15, 0.2) is 0 Å². The molecule has 0 spiro atoms. The second-order valence-corrected chi connectivity index (χ2v) is 6.86. The fourth-order valence-electron chi connectivity index (χ4n) is 1.43. The molecule has 3 nitrogen and oxygen atoms in total. The average Bonchev–Trinajstić information content (AvgIpc) is 2.20. The quantitative estimate of drug-likeness (QED) is 0.845. The van der Waals surface area contributed by atoms with Crippen LogP contribution in [0, 0.1) is 0 Å². The van der Waals surface area contributed by atoms with Gasteiger partial charge in [-0.15, -0.1) is 0 Å². The van der Waals surface area contributed by atoms with Crippen molar-refractivity contribution in [3.05, 3.63) is 32.7 Å². The molecule has 0 aliphatic rings. The average molecular weight is 378 g/mol. The molecule has 0 unspecified atom stereocenters. The van der Waals surface area contributed by atoms with E-state index < -0.39 is 0 Å². The third kappa shape index (κ3) is 5.98. The fourth-order valence-corrected chi connectivity index (χ4v) is 2.11. The first kappa shape index (κ1) is 15.7. The molecule has 1 aromatic carbocycles. The van der Waals surface area contributed by atoms with Crippen molar-refractivity contribution in [3.63, 3.8) is 0 Å². The van der Waals surface area contributed by atoms with E-state index in [9.17, 15) is 4.79 Å². The molecule has 0 heterocycles. The number of carbonyl (C=O) groups is 1. The van der Waals surface area contributed by atoms with Gasteiger partial charge in [-0.1, -0.05) is 6.07 Å². The van der Waals surface area contributed by atoms with Crippen LogP contribution in [0.25, 0.3) is 0 Å². The molecule has 0 saturated heterocycles. The van der Waals surface area contributed by atoms with Crippen LogP contribution < -0.4 is 10.6 Å². The second-order valence-electron chi connectivity index (χ2n) is 5.15. The van der Waals surface area contributed by atoms with Gasteiger partial charge >= 0.3 is 0 Å². The SMILES string of the molecule is CC(C)(C)NC(=O)CNCc1ccc(Br)c(Br)c1. The van der Waals surface area contributed by atoms with Gasteiger partial charge in [0.25, 0.3) is 0 Å². The minimum absolute atomic E-state index is 0.0127. The molecule has 5 heteroatoms. The van der Waals surface area contributed by atoms with E-state index in [1.54, 1.807) is 0 Å². The number of halogens is 2. The monoisotopic (exact) mass is 376 g/mol. The highest BCUT2D eigenvalue weighted by Crippen LogP contribution is 2.23. The third-order valence-electron chi connectivity index (χ3n) is 2.11. The minimum Gasteiger partial charge on any atom is -0.350 e. The van der Waals surface area contributed by atoms with Crippen LogP contribution in [0.15, 0.2) is 27.1 Å². The van der Waals surface area contributed by atoms with Crippen molar-refractivity contribution in [1.82, 2.24) is 10.6 Å². The first-order valence-electron chi connectivity index (χ1n) is 5.73. The van der Waals surface area contributed by atoms with E-state index in [2.05, 4.69) is 42.5 Å². The predicted molar refractivity (Wildman–Crippen MR) is 81.4 cm³/mol. The van der Waals surface area contributed by atoms with Crippen LogP contribution in [-0.2, 0) is 11.3 Å². The largest absolute Gasteiger partial charge is 0.350 e. The minimum atomic E-state index is -0.181. The Morgan fingerprint density at radius 1 is 1.22 bits per heavy atom. The van der Waals surface area contributed by atoms with Crippen molar-refractivity contribution >= 4 is 37.8 Å². The summed E-state index contributed by atoms with van der Waals surface area (Å²) in [5.74, 6) is 0.0127. The summed E-state index contributed by atoms with van der Waals surface area (Å²) in [6, 6.07) is 6.03. The Hall–Kier alpha value is -0.390. The van der Waals surface area contributed by atoms with Crippen LogP contribution in [0.2, 0.25) is 0 Å². The van der Waals surface area contributed by atoms with Crippen LogP contribution in [0.3, 0.4) is 0 Å². The van der Waals surface area contributed by atoms with Crippen molar-refractivity contribution in [2.45, 2.75) is 32.9 Å². The Kier molecular flexibility index (Phi) is 5.82. The summed E-state index contributed by atoms with van der Waals surface area (Å²) < 4.78 is 2.04. The maximum absolute atomic E-state index is 11.6. The van der Waals surface area contributed by atoms with E-state index in [-0.39, 0.29) is 11.4 Å². The highest BCUT2D eigenvalue weighted by Gasteiger charge is 2.12. The number of rotatable bonds is 4. The highest BCUT2D eigenvalue weighted by atomic mass is 79.9. The zero-order valence-electron chi connectivity index (χ0n) is 10.8. The summed E-state index contributed by atoms with van der Waals surface area (Å²) >= 11 is 6.88. The molecule has 100 valence electrons. The normalized spacial score (nSPS) is 11.4. The number of amides is 1. The standard InChI is InChI=1S/C13H18Br2N2O/c1-13(2,3)17-12(18)8-16-7-9-4-5-10(14)11(15)6-9/h4-6,16H,7-8H2,1-3H3,(H,17,18). The van der Waals surface area contributed by atoms with E-state index in [1.807, 2.05) is 39.0 Å². The number of carbonyl (C=O) groups excluding carboxylic acids is 1. The topological polar surface area (TPSA) is 41.1 Å². The van der Waals surface area contributed by atoms with Crippen LogP contribution in [0.1, 0.15) is 26.3 Å². The van der Waals surface area contributed by atoms with Gasteiger partial charge in [0.05, 0.1) is 6.54 Å². The lowest BCUT2D eigenvalue weighted by Crippen LogP contribution is -2.44. The van der Waals surface area contributed by atoms with Crippen molar-refractivity contribution in [3.8, 4) is 0 Å². The molecule has 18 heavy (non-hydrogen) atoms. The predicted octanol–water partition coefficient (Wildman–Crippen LogP) is 3.22. The van der Waals surface area contributed by atoms with Gasteiger partial charge in [0, 0.05) is 21.0 Å². The number of benzene rings is 1. The maximum Gasteiger partial charge on any atom is 0.234 e. The molecule has 2 N–H and O–H groups in total. The summed E-state index contributed by atoms with van der Waals surface area (Å²) in [4.78, 5) is 11.6. The summed E-state index contributed by atoms with van der Waals surface area (Å²) in [7, 11) is 0. The first-order chi connectivity index (χ1) is 8.28. The lowest BCUT2D eigenvalue weighted by atomic mass is 10.1. The van der Waals surface area contributed by atoms with Crippen LogP contribution in [0.5, 0.6) is 0 Å². The van der Waals surface area contributed by atoms with Gasteiger partial charge in [0.2, 0.25) is 5.91 Å². The van der Waals surface area contributed by atoms with Gasteiger partial charge in [-0.3, -0.25) is 4.79 Å². The van der Waals surface area contributed by atoms with Crippen molar-refractivity contribution in [2.24, 2.45) is 0 Å². The summed E-state index contributed by atoms with van der Waals surface area (Å²) in [5.41, 5.74) is 0.952. The first-order valence-corrected chi connectivity index (χ1v) is 7.32. The maximum atomic E-state index is 11.6. The van der Waals surface area contributed by atoms with Crippen molar-refractivity contribution in [1.29, 1.82) is 0 Å². The van der Waals surface area contributed by atoms with Crippen LogP contribution in [0.4, 0.5) is 0 Å². The molecule has 0 fully saturated rings. The van der Waals surface area contributed by atoms with Gasteiger partial charge in [-0.25, -0.2) is 0 Å². The van der Waals surface area contributed by atoms with E-state index >= 15 is 0 Å². The molecule has 0 aromatic heterocycles. The highest BCUT2D eigenvalue weighted by molar-refractivity contribution is 9.13. The zero-order valence-corrected chi connectivity index (χ0v) is 14.0. The Bertz CT molecular complexity index is 427. The fraction of sp³-hybridized carbons (Fsp3) is 0.462. The van der Waals surface area contributed by atoms with Gasteiger partial charge in [-0.2, -0.15) is 0 Å². The third-order valence-corrected chi connectivity index (χ3v) is 3.99. The molecule has 0 aliphatic carbocycles. The Balaban J connectivity index is 2.38. The molecule has 1 amide bonds. The van der Waals surface area contributed by atoms with E-state index in [1.165, 1.54) is 0 Å². The Morgan fingerprint density at radius 2 is 1.89 bits per heavy atom. The molecule has 0 aliphatic heterocycles. The molecule has 0 saturated carbocycles. The van der Waals surface area contributed by atoms with Crippen LogP contribution in [-0.4, -0.2) is 18.0 Å². The van der Waals surface area contributed by atoms with Crippen molar-refractivity contribution < 1.29 is 4.79 Å². The van der Waals surface area contributed by atoms with Crippen LogP contribution >= 0.6 is 31.9 Å².